The summed E-state index contributed by atoms with van der Waals surface area (Å²) in [5.41, 5.74) is 0.894. The number of hydrogen-bond donors (Lipinski definition) is 2. The standard InChI is InChI=1S/C22H24N2O5/c1-14(2)29-18-11-9-16(10-12-18)13-19(21(26)23-15(3)22(27)28)24-20(25)17-7-5-4-6-8-17/h4-15H,1-3H3,(H,23,26)(H,24,25)(H,27,28)/p-1/b19-13-/t15-/m0/s1. The summed E-state index contributed by atoms with van der Waals surface area (Å²) in [5.74, 6) is -1.99. The molecule has 0 aliphatic heterocycles. The van der Waals surface area contributed by atoms with E-state index in [0.29, 0.717) is 16.9 Å². The Balaban J connectivity index is 2.27. The van der Waals surface area contributed by atoms with Crippen LogP contribution in [0.5, 0.6) is 5.75 Å². The van der Waals surface area contributed by atoms with Gasteiger partial charge in [0.1, 0.15) is 11.4 Å². The van der Waals surface area contributed by atoms with E-state index in [4.69, 9.17) is 4.74 Å². The Labute approximate surface area is 169 Å². The molecule has 152 valence electrons. The number of nitrogens with one attached hydrogen (secondary N) is 2. The van der Waals surface area contributed by atoms with Crippen LogP contribution in [0.4, 0.5) is 0 Å². The zero-order valence-corrected chi connectivity index (χ0v) is 16.5. The number of aliphatic carboxylic acids is 1. The molecule has 0 aromatic heterocycles. The number of rotatable bonds is 8. The van der Waals surface area contributed by atoms with E-state index in [0.717, 1.165) is 0 Å². The summed E-state index contributed by atoms with van der Waals surface area (Å²) >= 11 is 0. The van der Waals surface area contributed by atoms with E-state index in [1.165, 1.54) is 13.0 Å². The van der Waals surface area contributed by atoms with E-state index in [9.17, 15) is 19.5 Å². The Morgan fingerprint density at radius 2 is 1.59 bits per heavy atom. The highest BCUT2D eigenvalue weighted by atomic mass is 16.5. The maximum Gasteiger partial charge on any atom is 0.268 e. The number of benzene rings is 2. The fraction of sp³-hybridized carbons (Fsp3) is 0.227. The molecule has 0 fully saturated rings. The molecule has 2 aromatic rings. The highest BCUT2D eigenvalue weighted by molar-refractivity contribution is 6.06. The lowest BCUT2D eigenvalue weighted by molar-refractivity contribution is -0.307. The van der Waals surface area contributed by atoms with Gasteiger partial charge in [-0.2, -0.15) is 0 Å². The summed E-state index contributed by atoms with van der Waals surface area (Å²) in [7, 11) is 0. The number of carbonyl (C=O) groups excluding carboxylic acids is 3. The second kappa shape index (κ2) is 10.1. The van der Waals surface area contributed by atoms with Crippen LogP contribution in [0.25, 0.3) is 6.08 Å². The molecule has 0 aliphatic rings. The predicted octanol–water partition coefficient (Wildman–Crippen LogP) is 1.50. The van der Waals surface area contributed by atoms with Gasteiger partial charge in [0.15, 0.2) is 0 Å². The van der Waals surface area contributed by atoms with E-state index >= 15 is 0 Å². The minimum atomic E-state index is -1.43. The average Bonchev–Trinajstić information content (AvgIpc) is 2.68. The van der Waals surface area contributed by atoms with Crippen LogP contribution < -0.4 is 20.5 Å². The van der Waals surface area contributed by atoms with Crippen LogP contribution in [0.3, 0.4) is 0 Å². The molecule has 0 radical (unpaired) electrons. The van der Waals surface area contributed by atoms with Crippen molar-refractivity contribution in [2.75, 3.05) is 0 Å². The molecule has 2 N–H and O–H groups in total. The third kappa shape index (κ3) is 6.80. The van der Waals surface area contributed by atoms with Crippen molar-refractivity contribution in [2.24, 2.45) is 0 Å². The first kappa shape index (κ1) is 21.7. The lowest BCUT2D eigenvalue weighted by Crippen LogP contribution is -2.48. The van der Waals surface area contributed by atoms with E-state index in [2.05, 4.69) is 10.6 Å². The smallest absolute Gasteiger partial charge is 0.268 e. The van der Waals surface area contributed by atoms with Gasteiger partial charge in [-0.25, -0.2) is 0 Å². The van der Waals surface area contributed by atoms with Gasteiger partial charge in [0.25, 0.3) is 11.8 Å². The fourth-order valence-corrected chi connectivity index (χ4v) is 2.36. The summed E-state index contributed by atoms with van der Waals surface area (Å²) < 4.78 is 5.58. The van der Waals surface area contributed by atoms with E-state index in [-0.39, 0.29) is 11.8 Å². The summed E-state index contributed by atoms with van der Waals surface area (Å²) in [4.78, 5) is 35.9. The zero-order chi connectivity index (χ0) is 21.4. The van der Waals surface area contributed by atoms with Crippen LogP contribution in [0.15, 0.2) is 60.3 Å². The minimum Gasteiger partial charge on any atom is -0.548 e. The lowest BCUT2D eigenvalue weighted by Gasteiger charge is -2.17. The fourth-order valence-electron chi connectivity index (χ4n) is 2.36. The molecule has 0 saturated heterocycles. The molecule has 7 heteroatoms. The van der Waals surface area contributed by atoms with E-state index < -0.39 is 23.8 Å². The van der Waals surface area contributed by atoms with Crippen LogP contribution in [0.1, 0.15) is 36.7 Å². The number of hydrogen-bond acceptors (Lipinski definition) is 5. The first-order chi connectivity index (χ1) is 13.8. The molecule has 0 bridgehead atoms. The molecule has 0 aliphatic carbocycles. The normalized spacial score (nSPS) is 12.2. The largest absolute Gasteiger partial charge is 0.548 e. The van der Waals surface area contributed by atoms with Crippen LogP contribution >= 0.6 is 0 Å². The summed E-state index contributed by atoms with van der Waals surface area (Å²) in [5, 5.41) is 15.8. The average molecular weight is 395 g/mol. The van der Waals surface area contributed by atoms with Crippen LogP contribution in [-0.2, 0) is 9.59 Å². The van der Waals surface area contributed by atoms with Crippen molar-refractivity contribution in [1.82, 2.24) is 10.6 Å². The summed E-state index contributed by atoms with van der Waals surface area (Å²) in [6.45, 7) is 5.10. The van der Waals surface area contributed by atoms with Crippen LogP contribution in [0, 0.1) is 0 Å². The van der Waals surface area contributed by atoms with Gasteiger partial charge in [0.2, 0.25) is 0 Å². The molecule has 2 amide bonds. The molecule has 2 rings (SSSR count). The Bertz CT molecular complexity index is 889. The van der Waals surface area contributed by atoms with Crippen molar-refractivity contribution in [3.05, 3.63) is 71.4 Å². The van der Waals surface area contributed by atoms with Gasteiger partial charge < -0.3 is 25.3 Å². The predicted molar refractivity (Wildman–Crippen MR) is 107 cm³/mol. The van der Waals surface area contributed by atoms with Gasteiger partial charge in [-0.1, -0.05) is 30.3 Å². The second-order valence-electron chi connectivity index (χ2n) is 6.63. The Kier molecular flexibility index (Phi) is 7.54. The first-order valence-corrected chi connectivity index (χ1v) is 9.13. The Hall–Kier alpha value is -3.61. The summed E-state index contributed by atoms with van der Waals surface area (Å²) in [6.07, 6.45) is 1.48. The maximum absolute atomic E-state index is 12.5. The number of carboxylic acids is 1. The van der Waals surface area contributed by atoms with Crippen LogP contribution in [0.2, 0.25) is 0 Å². The summed E-state index contributed by atoms with van der Waals surface area (Å²) in [6, 6.07) is 14.1. The van der Waals surface area contributed by atoms with Gasteiger partial charge in [0, 0.05) is 5.56 Å². The Morgan fingerprint density at radius 1 is 0.966 bits per heavy atom. The van der Waals surface area contributed by atoms with Crippen molar-refractivity contribution >= 4 is 23.9 Å². The van der Waals surface area contributed by atoms with Gasteiger partial charge in [-0.05, 0) is 56.7 Å². The SMILES string of the molecule is CC(C)Oc1ccc(/C=C(\NC(=O)c2ccccc2)C(=O)N[C@@H](C)C(=O)[O-])cc1. The first-order valence-electron chi connectivity index (χ1n) is 9.13. The molecule has 29 heavy (non-hydrogen) atoms. The topological polar surface area (TPSA) is 108 Å². The number of amides is 2. The van der Waals surface area contributed by atoms with Gasteiger partial charge in [-0.3, -0.25) is 9.59 Å². The van der Waals surface area contributed by atoms with Crippen molar-refractivity contribution in [1.29, 1.82) is 0 Å². The molecule has 7 nitrogen and oxygen atoms in total. The van der Waals surface area contributed by atoms with Crippen molar-refractivity contribution in [3.63, 3.8) is 0 Å². The highest BCUT2D eigenvalue weighted by Gasteiger charge is 2.17. The van der Waals surface area contributed by atoms with E-state index in [1.54, 1.807) is 54.6 Å². The van der Waals surface area contributed by atoms with Crippen molar-refractivity contribution in [3.8, 4) is 5.75 Å². The molecular formula is C22H23N2O5-. The number of carbonyl (C=O) groups is 3. The van der Waals surface area contributed by atoms with Gasteiger partial charge in [-0.15, -0.1) is 0 Å². The maximum atomic E-state index is 12.5. The highest BCUT2D eigenvalue weighted by Crippen LogP contribution is 2.16. The lowest BCUT2D eigenvalue weighted by atomic mass is 10.1. The molecule has 0 heterocycles. The molecule has 1 atom stereocenters. The number of ether oxygens (including phenoxy) is 1. The molecular weight excluding hydrogens is 372 g/mol. The minimum absolute atomic E-state index is 0.0222. The van der Waals surface area contributed by atoms with Crippen LogP contribution in [-0.4, -0.2) is 29.9 Å². The third-order valence-corrected chi connectivity index (χ3v) is 3.79. The molecule has 0 saturated carbocycles. The van der Waals surface area contributed by atoms with Crippen molar-refractivity contribution < 1.29 is 24.2 Å². The zero-order valence-electron chi connectivity index (χ0n) is 16.5. The molecule has 0 spiro atoms. The Morgan fingerprint density at radius 3 is 2.14 bits per heavy atom. The van der Waals surface area contributed by atoms with E-state index in [1.807, 2.05) is 13.8 Å². The van der Waals surface area contributed by atoms with Crippen molar-refractivity contribution in [2.45, 2.75) is 32.9 Å². The quantitative estimate of drug-likeness (QED) is 0.659. The van der Waals surface area contributed by atoms with Gasteiger partial charge >= 0.3 is 0 Å². The monoisotopic (exact) mass is 395 g/mol. The third-order valence-electron chi connectivity index (χ3n) is 3.79. The molecule has 2 aromatic carbocycles. The number of carboxylic acid groups (broad SMARTS) is 1. The second-order valence-corrected chi connectivity index (χ2v) is 6.63. The van der Waals surface area contributed by atoms with Gasteiger partial charge in [0.05, 0.1) is 18.1 Å². The molecule has 0 unspecified atom stereocenters.